The van der Waals surface area contributed by atoms with Crippen LogP contribution >= 0.6 is 0 Å². The molecule has 1 aromatic heterocycles. The van der Waals surface area contributed by atoms with Crippen LogP contribution in [0.5, 0.6) is 5.88 Å². The molecule has 1 aliphatic heterocycles. The van der Waals surface area contributed by atoms with Crippen LogP contribution in [0, 0.1) is 0 Å². The van der Waals surface area contributed by atoms with Gasteiger partial charge in [0.2, 0.25) is 11.6 Å². The summed E-state index contributed by atoms with van der Waals surface area (Å²) in [6.45, 7) is 3.95. The molecule has 2 unspecified atom stereocenters. The zero-order valence-electron chi connectivity index (χ0n) is 10.4. The molecule has 2 atom stereocenters. The quantitative estimate of drug-likeness (QED) is 0.878. The van der Waals surface area contributed by atoms with Gasteiger partial charge in [0.1, 0.15) is 6.10 Å². The van der Waals surface area contributed by atoms with Crippen LogP contribution in [0.4, 0.5) is 0 Å². The number of nitrogens with zero attached hydrogens (tertiary/aromatic N) is 2. The highest BCUT2D eigenvalue weighted by Gasteiger charge is 2.27. The number of aromatic nitrogens is 2. The average Bonchev–Trinajstić information content (AvgIpc) is 2.27. The molecular formula is C12H16N2O4. The van der Waals surface area contributed by atoms with Gasteiger partial charge in [0, 0.05) is 25.2 Å². The van der Waals surface area contributed by atoms with Crippen molar-refractivity contribution in [2.45, 2.75) is 45.0 Å². The molecule has 2 rings (SSSR count). The summed E-state index contributed by atoms with van der Waals surface area (Å²) in [4.78, 5) is 18.7. The van der Waals surface area contributed by atoms with E-state index in [1.165, 1.54) is 12.4 Å². The number of aromatic carboxylic acids is 1. The van der Waals surface area contributed by atoms with Crippen LogP contribution < -0.4 is 4.74 Å². The SMILES string of the molecule is CC1CC(Oc2nccnc2C(=O)O)CC(C)O1. The number of carbonyl (C=O) groups is 1. The van der Waals surface area contributed by atoms with Gasteiger partial charge in [-0.25, -0.2) is 14.8 Å². The van der Waals surface area contributed by atoms with Gasteiger partial charge in [0.25, 0.3) is 0 Å². The van der Waals surface area contributed by atoms with Gasteiger partial charge in [-0.15, -0.1) is 0 Å². The maximum absolute atomic E-state index is 11.0. The third-order valence-corrected chi connectivity index (χ3v) is 2.80. The van der Waals surface area contributed by atoms with Crippen LogP contribution in [0.2, 0.25) is 0 Å². The van der Waals surface area contributed by atoms with Crippen molar-refractivity contribution in [2.75, 3.05) is 0 Å². The molecule has 0 bridgehead atoms. The van der Waals surface area contributed by atoms with Gasteiger partial charge >= 0.3 is 5.97 Å². The van der Waals surface area contributed by atoms with E-state index in [4.69, 9.17) is 14.6 Å². The fourth-order valence-electron chi connectivity index (χ4n) is 2.16. The van der Waals surface area contributed by atoms with Crippen molar-refractivity contribution in [1.29, 1.82) is 0 Å². The van der Waals surface area contributed by atoms with Crippen LogP contribution in [0.25, 0.3) is 0 Å². The first-order chi connectivity index (χ1) is 8.56. The smallest absolute Gasteiger partial charge is 0.360 e. The first-order valence-corrected chi connectivity index (χ1v) is 5.92. The minimum Gasteiger partial charge on any atom is -0.476 e. The second-order valence-electron chi connectivity index (χ2n) is 4.48. The highest BCUT2D eigenvalue weighted by atomic mass is 16.5. The van der Waals surface area contributed by atoms with E-state index in [1.54, 1.807) is 0 Å². The lowest BCUT2D eigenvalue weighted by Crippen LogP contribution is -2.36. The summed E-state index contributed by atoms with van der Waals surface area (Å²) in [7, 11) is 0. The Balaban J connectivity index is 2.11. The maximum atomic E-state index is 11.0. The largest absolute Gasteiger partial charge is 0.476 e. The predicted octanol–water partition coefficient (Wildman–Crippen LogP) is 1.51. The number of ether oxygens (including phenoxy) is 2. The van der Waals surface area contributed by atoms with Crippen LogP contribution in [0.15, 0.2) is 12.4 Å². The Bertz CT molecular complexity index is 428. The summed E-state index contributed by atoms with van der Waals surface area (Å²) in [5.74, 6) is -1.05. The van der Waals surface area contributed by atoms with E-state index in [0.717, 1.165) is 12.8 Å². The second-order valence-corrected chi connectivity index (χ2v) is 4.48. The number of hydrogen-bond acceptors (Lipinski definition) is 5. The van der Waals surface area contributed by atoms with E-state index < -0.39 is 5.97 Å². The average molecular weight is 252 g/mol. The van der Waals surface area contributed by atoms with Gasteiger partial charge in [-0.2, -0.15) is 0 Å². The van der Waals surface area contributed by atoms with Gasteiger partial charge in [-0.1, -0.05) is 0 Å². The Morgan fingerprint density at radius 1 is 1.33 bits per heavy atom. The molecule has 2 heterocycles. The maximum Gasteiger partial charge on any atom is 0.360 e. The third kappa shape index (κ3) is 2.95. The zero-order valence-corrected chi connectivity index (χ0v) is 10.4. The molecule has 1 aromatic rings. The van der Waals surface area contributed by atoms with E-state index in [2.05, 4.69) is 9.97 Å². The summed E-state index contributed by atoms with van der Waals surface area (Å²) in [6, 6.07) is 0. The number of hydrogen-bond donors (Lipinski definition) is 1. The van der Waals surface area contributed by atoms with E-state index in [9.17, 15) is 4.79 Å². The molecule has 0 radical (unpaired) electrons. The molecule has 6 heteroatoms. The Morgan fingerprint density at radius 2 is 1.94 bits per heavy atom. The molecule has 0 amide bonds. The molecular weight excluding hydrogens is 236 g/mol. The van der Waals surface area contributed by atoms with Crippen molar-refractivity contribution in [1.82, 2.24) is 9.97 Å². The van der Waals surface area contributed by atoms with Crippen LogP contribution in [-0.4, -0.2) is 39.4 Å². The van der Waals surface area contributed by atoms with Gasteiger partial charge in [-0.3, -0.25) is 0 Å². The van der Waals surface area contributed by atoms with Crippen molar-refractivity contribution < 1.29 is 19.4 Å². The molecule has 98 valence electrons. The summed E-state index contributed by atoms with van der Waals surface area (Å²) in [5, 5.41) is 8.99. The summed E-state index contributed by atoms with van der Waals surface area (Å²) < 4.78 is 11.3. The van der Waals surface area contributed by atoms with Crippen molar-refractivity contribution in [3.05, 3.63) is 18.1 Å². The molecule has 1 fully saturated rings. The molecule has 0 aliphatic carbocycles. The third-order valence-electron chi connectivity index (χ3n) is 2.80. The Labute approximate surface area is 105 Å². The van der Waals surface area contributed by atoms with Gasteiger partial charge in [0.15, 0.2) is 0 Å². The topological polar surface area (TPSA) is 81.5 Å². The molecule has 1 aliphatic rings. The predicted molar refractivity (Wildman–Crippen MR) is 62.7 cm³/mol. The summed E-state index contributed by atoms with van der Waals surface area (Å²) >= 11 is 0. The van der Waals surface area contributed by atoms with E-state index >= 15 is 0 Å². The summed E-state index contributed by atoms with van der Waals surface area (Å²) in [5.41, 5.74) is -0.149. The lowest BCUT2D eigenvalue weighted by Gasteiger charge is -2.31. The second kappa shape index (κ2) is 5.30. The Morgan fingerprint density at radius 3 is 2.56 bits per heavy atom. The lowest BCUT2D eigenvalue weighted by molar-refractivity contribution is -0.0731. The summed E-state index contributed by atoms with van der Waals surface area (Å²) in [6.07, 6.45) is 4.32. The lowest BCUT2D eigenvalue weighted by atomic mass is 10.0. The van der Waals surface area contributed by atoms with E-state index in [-0.39, 0.29) is 29.9 Å². The van der Waals surface area contributed by atoms with Crippen molar-refractivity contribution in [3.63, 3.8) is 0 Å². The van der Waals surface area contributed by atoms with Crippen molar-refractivity contribution in [2.24, 2.45) is 0 Å². The fraction of sp³-hybridized carbons (Fsp3) is 0.583. The van der Waals surface area contributed by atoms with E-state index in [1.807, 2.05) is 13.8 Å². The normalized spacial score (nSPS) is 27.8. The number of carboxylic acids is 1. The minimum atomic E-state index is -1.13. The van der Waals surface area contributed by atoms with Crippen LogP contribution in [0.1, 0.15) is 37.2 Å². The monoisotopic (exact) mass is 252 g/mol. The van der Waals surface area contributed by atoms with Crippen LogP contribution in [0.3, 0.4) is 0 Å². The zero-order chi connectivity index (χ0) is 13.1. The van der Waals surface area contributed by atoms with Gasteiger partial charge < -0.3 is 14.6 Å². The fourth-order valence-corrected chi connectivity index (χ4v) is 2.16. The van der Waals surface area contributed by atoms with E-state index in [0.29, 0.717) is 0 Å². The molecule has 1 N–H and O–H groups in total. The molecule has 1 saturated heterocycles. The molecule has 0 aromatic carbocycles. The number of carboxylic acid groups (broad SMARTS) is 1. The molecule has 18 heavy (non-hydrogen) atoms. The first kappa shape index (κ1) is 12.8. The number of rotatable bonds is 3. The van der Waals surface area contributed by atoms with Crippen molar-refractivity contribution in [3.8, 4) is 5.88 Å². The highest BCUT2D eigenvalue weighted by Crippen LogP contribution is 2.24. The molecule has 6 nitrogen and oxygen atoms in total. The van der Waals surface area contributed by atoms with Gasteiger partial charge in [-0.05, 0) is 13.8 Å². The Hall–Kier alpha value is -1.69. The standard InChI is InChI=1S/C12H16N2O4/c1-7-5-9(6-8(2)17-7)18-11-10(12(15)16)13-3-4-14-11/h3-4,7-9H,5-6H2,1-2H3,(H,15,16). The Kier molecular flexibility index (Phi) is 3.76. The van der Waals surface area contributed by atoms with Crippen molar-refractivity contribution >= 4 is 5.97 Å². The minimum absolute atomic E-state index is 0.0799. The first-order valence-electron chi connectivity index (χ1n) is 5.92. The van der Waals surface area contributed by atoms with Gasteiger partial charge in [0.05, 0.1) is 12.2 Å². The molecule has 0 saturated carbocycles. The van der Waals surface area contributed by atoms with Crippen LogP contribution in [-0.2, 0) is 4.74 Å². The molecule has 0 spiro atoms. The highest BCUT2D eigenvalue weighted by molar-refractivity contribution is 5.87.